The summed E-state index contributed by atoms with van der Waals surface area (Å²) in [6, 6.07) is 1.43. The van der Waals surface area contributed by atoms with Gasteiger partial charge in [-0.2, -0.15) is 9.97 Å². The number of rotatable bonds is 1. The van der Waals surface area contributed by atoms with Crippen LogP contribution in [-0.4, -0.2) is 16.7 Å². The van der Waals surface area contributed by atoms with E-state index in [0.717, 1.165) is 0 Å². The second-order valence-corrected chi connectivity index (χ2v) is 2.25. The summed E-state index contributed by atoms with van der Waals surface area (Å²) in [5, 5.41) is 0.532. The molecule has 5 heteroatoms. The van der Waals surface area contributed by atoms with Crippen molar-refractivity contribution in [2.45, 2.75) is 0 Å². The van der Waals surface area contributed by atoms with Crippen LogP contribution >= 0.6 is 23.2 Å². The summed E-state index contributed by atoms with van der Waals surface area (Å²) in [4.78, 5) is 10.8. The molecule has 0 fully saturated rings. The Hall–Kier alpha value is -0.670. The summed E-state index contributed by atoms with van der Waals surface area (Å²) >= 11 is 11.0. The third-order valence-corrected chi connectivity index (χ3v) is 1.18. The predicted molar refractivity (Wildman–Crippen MR) is 41.3 cm³/mol. The SMILES string of the molecule is C=Nc1nc(Cl)cc(Cl)n1. The van der Waals surface area contributed by atoms with Crippen molar-refractivity contribution in [2.75, 3.05) is 0 Å². The lowest BCUT2D eigenvalue weighted by Gasteiger charge is -1.92. The van der Waals surface area contributed by atoms with Gasteiger partial charge in [0.1, 0.15) is 10.3 Å². The number of aliphatic imine (C=N–C) groups is 1. The number of aromatic nitrogens is 2. The van der Waals surface area contributed by atoms with Gasteiger partial charge in [0.25, 0.3) is 5.95 Å². The Kier molecular flexibility index (Phi) is 2.19. The normalized spacial score (nSPS) is 9.40. The third kappa shape index (κ3) is 1.65. The molecule has 0 unspecified atom stereocenters. The summed E-state index contributed by atoms with van der Waals surface area (Å²) in [5.74, 6) is 0.192. The average molecular weight is 176 g/mol. The van der Waals surface area contributed by atoms with E-state index in [2.05, 4.69) is 21.7 Å². The minimum Gasteiger partial charge on any atom is -0.228 e. The zero-order valence-electron chi connectivity index (χ0n) is 4.88. The maximum Gasteiger partial charge on any atom is 0.251 e. The van der Waals surface area contributed by atoms with Gasteiger partial charge in [0.05, 0.1) is 0 Å². The summed E-state index contributed by atoms with van der Waals surface area (Å²) in [7, 11) is 0. The molecule has 0 saturated heterocycles. The van der Waals surface area contributed by atoms with Crippen molar-refractivity contribution < 1.29 is 0 Å². The predicted octanol–water partition coefficient (Wildman–Crippen LogP) is 2.12. The quantitative estimate of drug-likeness (QED) is 0.485. The maximum absolute atomic E-state index is 5.51. The van der Waals surface area contributed by atoms with Crippen molar-refractivity contribution in [3.63, 3.8) is 0 Å². The van der Waals surface area contributed by atoms with Gasteiger partial charge < -0.3 is 0 Å². The molecular weight excluding hydrogens is 173 g/mol. The second kappa shape index (κ2) is 2.94. The van der Waals surface area contributed by atoms with Crippen LogP contribution in [0.2, 0.25) is 10.3 Å². The van der Waals surface area contributed by atoms with Crippen molar-refractivity contribution in [3.8, 4) is 0 Å². The van der Waals surface area contributed by atoms with Crippen molar-refractivity contribution in [2.24, 2.45) is 4.99 Å². The first-order valence-electron chi connectivity index (χ1n) is 2.39. The Morgan fingerprint density at radius 2 is 1.80 bits per heavy atom. The summed E-state index contributed by atoms with van der Waals surface area (Å²) in [6.45, 7) is 3.22. The van der Waals surface area contributed by atoms with E-state index in [4.69, 9.17) is 23.2 Å². The fraction of sp³-hybridized carbons (Fsp3) is 0. The first-order chi connectivity index (χ1) is 4.72. The number of nitrogens with zero attached hydrogens (tertiary/aromatic N) is 3. The van der Waals surface area contributed by atoms with E-state index in [9.17, 15) is 0 Å². The molecule has 3 nitrogen and oxygen atoms in total. The van der Waals surface area contributed by atoms with E-state index >= 15 is 0 Å². The van der Waals surface area contributed by atoms with E-state index in [1.54, 1.807) is 0 Å². The second-order valence-electron chi connectivity index (χ2n) is 1.47. The van der Waals surface area contributed by atoms with Crippen molar-refractivity contribution in [1.82, 2.24) is 9.97 Å². The van der Waals surface area contributed by atoms with Crippen molar-refractivity contribution >= 4 is 35.9 Å². The van der Waals surface area contributed by atoms with Gasteiger partial charge in [-0.3, -0.25) is 0 Å². The van der Waals surface area contributed by atoms with Gasteiger partial charge in [-0.1, -0.05) is 23.2 Å². The molecule has 0 amide bonds. The molecule has 0 aromatic carbocycles. The molecule has 0 atom stereocenters. The molecule has 1 aromatic rings. The molecule has 10 heavy (non-hydrogen) atoms. The van der Waals surface area contributed by atoms with Gasteiger partial charge in [-0.25, -0.2) is 4.99 Å². The van der Waals surface area contributed by atoms with Crippen LogP contribution in [0.3, 0.4) is 0 Å². The Bertz CT molecular complexity index is 241. The minimum absolute atomic E-state index is 0.192. The highest BCUT2D eigenvalue weighted by Crippen LogP contribution is 2.14. The lowest BCUT2D eigenvalue weighted by Crippen LogP contribution is -1.81. The van der Waals surface area contributed by atoms with Crippen molar-refractivity contribution in [3.05, 3.63) is 16.4 Å². The van der Waals surface area contributed by atoms with Gasteiger partial charge in [0, 0.05) is 6.07 Å². The molecule has 52 valence electrons. The van der Waals surface area contributed by atoms with Crippen LogP contribution in [-0.2, 0) is 0 Å². The third-order valence-electron chi connectivity index (χ3n) is 0.793. The van der Waals surface area contributed by atoms with Crippen LogP contribution in [0.25, 0.3) is 0 Å². The lowest BCUT2D eigenvalue weighted by atomic mass is 10.7. The number of hydrogen-bond donors (Lipinski definition) is 0. The Morgan fingerprint density at radius 1 is 1.30 bits per heavy atom. The molecule has 1 heterocycles. The zero-order chi connectivity index (χ0) is 7.56. The summed E-state index contributed by atoms with van der Waals surface area (Å²) in [5.41, 5.74) is 0. The van der Waals surface area contributed by atoms with Crippen molar-refractivity contribution in [1.29, 1.82) is 0 Å². The summed E-state index contributed by atoms with van der Waals surface area (Å²) in [6.07, 6.45) is 0. The van der Waals surface area contributed by atoms with Gasteiger partial charge in [0.15, 0.2) is 0 Å². The van der Waals surface area contributed by atoms with Crippen LogP contribution in [0.4, 0.5) is 5.95 Å². The molecule has 0 spiro atoms. The number of hydrogen-bond acceptors (Lipinski definition) is 3. The minimum atomic E-state index is 0.192. The highest BCUT2D eigenvalue weighted by Gasteiger charge is 1.96. The zero-order valence-corrected chi connectivity index (χ0v) is 6.39. The standard InChI is InChI=1S/C5H3Cl2N3/c1-8-5-9-3(6)2-4(7)10-5/h2H,1H2. The van der Waals surface area contributed by atoms with Crippen LogP contribution in [0.1, 0.15) is 0 Å². The van der Waals surface area contributed by atoms with Gasteiger partial charge in [0.2, 0.25) is 0 Å². The average Bonchev–Trinajstić information content (AvgIpc) is 1.85. The van der Waals surface area contributed by atoms with E-state index in [0.29, 0.717) is 0 Å². The van der Waals surface area contributed by atoms with Crippen LogP contribution in [0.15, 0.2) is 11.1 Å². The highest BCUT2D eigenvalue weighted by molar-refractivity contribution is 6.33. The molecule has 0 aliphatic heterocycles. The molecule has 0 aliphatic carbocycles. The smallest absolute Gasteiger partial charge is 0.228 e. The van der Waals surface area contributed by atoms with Crippen LogP contribution in [0, 0.1) is 0 Å². The van der Waals surface area contributed by atoms with E-state index < -0.39 is 0 Å². The summed E-state index contributed by atoms with van der Waals surface area (Å²) < 4.78 is 0. The fourth-order valence-electron chi connectivity index (χ4n) is 0.450. The van der Waals surface area contributed by atoms with E-state index in [1.807, 2.05) is 0 Å². The molecular formula is C5H3Cl2N3. The number of halogens is 2. The molecule has 1 aromatic heterocycles. The van der Waals surface area contributed by atoms with Crippen LogP contribution < -0.4 is 0 Å². The van der Waals surface area contributed by atoms with Gasteiger partial charge >= 0.3 is 0 Å². The molecule has 0 saturated carbocycles. The first-order valence-corrected chi connectivity index (χ1v) is 3.15. The molecule has 0 N–H and O–H groups in total. The lowest BCUT2D eigenvalue weighted by molar-refractivity contribution is 1.14. The maximum atomic E-state index is 5.51. The topological polar surface area (TPSA) is 38.1 Å². The molecule has 0 aliphatic rings. The first kappa shape index (κ1) is 7.44. The Morgan fingerprint density at radius 3 is 2.20 bits per heavy atom. The fourth-order valence-corrected chi connectivity index (χ4v) is 0.863. The Balaban J connectivity index is 3.18. The van der Waals surface area contributed by atoms with Gasteiger partial charge in [-0.15, -0.1) is 0 Å². The van der Waals surface area contributed by atoms with Gasteiger partial charge in [-0.05, 0) is 6.72 Å². The highest BCUT2D eigenvalue weighted by atomic mass is 35.5. The molecule has 0 bridgehead atoms. The van der Waals surface area contributed by atoms with Crippen LogP contribution in [0.5, 0.6) is 0 Å². The Labute approximate surface area is 67.7 Å². The van der Waals surface area contributed by atoms with E-state index in [-0.39, 0.29) is 16.3 Å². The largest absolute Gasteiger partial charge is 0.251 e. The molecule has 1 rings (SSSR count). The molecule has 0 radical (unpaired) electrons. The monoisotopic (exact) mass is 175 g/mol. The van der Waals surface area contributed by atoms with E-state index in [1.165, 1.54) is 6.07 Å².